The topological polar surface area (TPSA) is 38.3 Å². The van der Waals surface area contributed by atoms with Crippen LogP contribution >= 0.6 is 15.9 Å². The Morgan fingerprint density at radius 3 is 2.36 bits per heavy atom. The molecule has 0 saturated heterocycles. The summed E-state index contributed by atoms with van der Waals surface area (Å²) in [7, 11) is 0. The van der Waals surface area contributed by atoms with E-state index in [0.29, 0.717) is 18.7 Å². The van der Waals surface area contributed by atoms with Crippen molar-refractivity contribution in [3.05, 3.63) is 100 Å². The molecule has 0 aliphatic carbocycles. The smallest absolute Gasteiger partial charge is 0.251 e. The number of nitrogens with one attached hydrogen (secondary N) is 1. The van der Waals surface area contributed by atoms with Gasteiger partial charge in [0.2, 0.25) is 0 Å². The third-order valence-electron chi connectivity index (χ3n) is 3.71. The number of halogens is 1. The predicted molar refractivity (Wildman–Crippen MR) is 103 cm³/mol. The second-order valence-corrected chi connectivity index (χ2v) is 6.53. The third-order valence-corrected chi connectivity index (χ3v) is 4.20. The summed E-state index contributed by atoms with van der Waals surface area (Å²) >= 11 is 3.37. The third kappa shape index (κ3) is 5.19. The molecule has 0 bridgehead atoms. The number of ether oxygens (including phenoxy) is 1. The Hall–Kier alpha value is -2.59. The summed E-state index contributed by atoms with van der Waals surface area (Å²) in [4.78, 5) is 12.1. The van der Waals surface area contributed by atoms with Crippen molar-refractivity contribution in [3.8, 4) is 5.75 Å². The first kappa shape index (κ1) is 17.2. The van der Waals surface area contributed by atoms with E-state index in [9.17, 15) is 4.79 Å². The second kappa shape index (κ2) is 8.49. The van der Waals surface area contributed by atoms with Gasteiger partial charge in [-0.05, 0) is 41.5 Å². The number of amides is 1. The lowest BCUT2D eigenvalue weighted by atomic mass is 10.2. The molecule has 0 heterocycles. The molecule has 3 aromatic carbocycles. The SMILES string of the molecule is O=C(NCc1ccc(OCc2ccccc2)cc1)c1cccc(Br)c1. The first-order chi connectivity index (χ1) is 12.2. The minimum absolute atomic E-state index is 0.0919. The average Bonchev–Trinajstić information content (AvgIpc) is 2.66. The van der Waals surface area contributed by atoms with Gasteiger partial charge in [-0.1, -0.05) is 64.5 Å². The maximum atomic E-state index is 12.1. The van der Waals surface area contributed by atoms with Crippen molar-refractivity contribution in [1.82, 2.24) is 5.32 Å². The van der Waals surface area contributed by atoms with Crippen LogP contribution in [0.5, 0.6) is 5.75 Å². The molecule has 3 rings (SSSR count). The number of hydrogen-bond donors (Lipinski definition) is 1. The summed E-state index contributed by atoms with van der Waals surface area (Å²) in [5.74, 6) is 0.719. The maximum Gasteiger partial charge on any atom is 0.251 e. The summed E-state index contributed by atoms with van der Waals surface area (Å²) in [6.45, 7) is 1.02. The molecule has 0 radical (unpaired) electrons. The highest BCUT2D eigenvalue weighted by Gasteiger charge is 2.05. The van der Waals surface area contributed by atoms with Crippen LogP contribution in [0, 0.1) is 0 Å². The second-order valence-electron chi connectivity index (χ2n) is 5.61. The van der Waals surface area contributed by atoms with Crippen molar-refractivity contribution in [2.45, 2.75) is 13.2 Å². The Morgan fingerprint density at radius 2 is 1.64 bits per heavy atom. The van der Waals surface area contributed by atoms with E-state index in [-0.39, 0.29) is 5.91 Å². The van der Waals surface area contributed by atoms with E-state index in [1.165, 1.54) is 0 Å². The van der Waals surface area contributed by atoms with Gasteiger partial charge in [-0.15, -0.1) is 0 Å². The van der Waals surface area contributed by atoms with Crippen LogP contribution in [0.2, 0.25) is 0 Å². The zero-order valence-electron chi connectivity index (χ0n) is 13.6. The summed E-state index contributed by atoms with van der Waals surface area (Å²) < 4.78 is 6.65. The lowest BCUT2D eigenvalue weighted by Gasteiger charge is -2.08. The van der Waals surface area contributed by atoms with Gasteiger partial charge >= 0.3 is 0 Å². The lowest BCUT2D eigenvalue weighted by Crippen LogP contribution is -2.22. The fourth-order valence-electron chi connectivity index (χ4n) is 2.36. The molecule has 0 spiro atoms. The molecule has 3 nitrogen and oxygen atoms in total. The van der Waals surface area contributed by atoms with Crippen LogP contribution in [0.4, 0.5) is 0 Å². The Balaban J connectivity index is 1.51. The zero-order valence-corrected chi connectivity index (χ0v) is 15.2. The van der Waals surface area contributed by atoms with Crippen molar-refractivity contribution >= 4 is 21.8 Å². The van der Waals surface area contributed by atoms with Crippen LogP contribution in [0.1, 0.15) is 21.5 Å². The standard InChI is InChI=1S/C21H18BrNO2/c22-19-8-4-7-18(13-19)21(24)23-14-16-9-11-20(12-10-16)25-15-17-5-2-1-3-6-17/h1-13H,14-15H2,(H,23,24). The molecule has 0 unspecified atom stereocenters. The molecular weight excluding hydrogens is 378 g/mol. The zero-order chi connectivity index (χ0) is 17.5. The fourth-order valence-corrected chi connectivity index (χ4v) is 2.76. The van der Waals surface area contributed by atoms with Gasteiger partial charge in [-0.25, -0.2) is 0 Å². The quantitative estimate of drug-likeness (QED) is 0.640. The van der Waals surface area contributed by atoms with Gasteiger partial charge in [-0.3, -0.25) is 4.79 Å². The molecule has 1 amide bonds. The van der Waals surface area contributed by atoms with E-state index < -0.39 is 0 Å². The first-order valence-corrected chi connectivity index (χ1v) is 8.79. The number of benzene rings is 3. The van der Waals surface area contributed by atoms with Crippen molar-refractivity contribution in [2.75, 3.05) is 0 Å². The van der Waals surface area contributed by atoms with Crippen LogP contribution in [-0.2, 0) is 13.2 Å². The Labute approximate surface area is 155 Å². The summed E-state index contributed by atoms with van der Waals surface area (Å²) in [5, 5.41) is 2.92. The Morgan fingerprint density at radius 1 is 0.880 bits per heavy atom. The molecule has 1 N–H and O–H groups in total. The molecule has 0 aromatic heterocycles. The molecule has 4 heteroatoms. The van der Waals surface area contributed by atoms with Gasteiger partial charge in [0.15, 0.2) is 0 Å². The first-order valence-electron chi connectivity index (χ1n) is 8.00. The average molecular weight is 396 g/mol. The predicted octanol–water partition coefficient (Wildman–Crippen LogP) is 4.96. The largest absolute Gasteiger partial charge is 0.489 e. The molecule has 0 aliphatic rings. The van der Waals surface area contributed by atoms with Crippen LogP contribution in [0.25, 0.3) is 0 Å². The molecule has 0 atom stereocenters. The van der Waals surface area contributed by atoms with Crippen LogP contribution < -0.4 is 10.1 Å². The van der Waals surface area contributed by atoms with Gasteiger partial charge in [0.05, 0.1) is 0 Å². The van der Waals surface area contributed by atoms with Crippen molar-refractivity contribution in [1.29, 1.82) is 0 Å². The molecule has 126 valence electrons. The van der Waals surface area contributed by atoms with Crippen LogP contribution in [0.3, 0.4) is 0 Å². The number of rotatable bonds is 6. The summed E-state index contributed by atoms with van der Waals surface area (Å²) in [6.07, 6.45) is 0. The lowest BCUT2D eigenvalue weighted by molar-refractivity contribution is 0.0951. The Bertz CT molecular complexity index is 832. The minimum atomic E-state index is -0.0919. The normalized spacial score (nSPS) is 10.3. The van der Waals surface area contributed by atoms with E-state index in [1.54, 1.807) is 12.1 Å². The van der Waals surface area contributed by atoms with Gasteiger partial charge < -0.3 is 10.1 Å². The molecule has 25 heavy (non-hydrogen) atoms. The Kier molecular flexibility index (Phi) is 5.86. The van der Waals surface area contributed by atoms with Gasteiger partial charge in [0, 0.05) is 16.6 Å². The van der Waals surface area contributed by atoms with Crippen LogP contribution in [-0.4, -0.2) is 5.91 Å². The van der Waals surface area contributed by atoms with Gasteiger partial charge in [0.1, 0.15) is 12.4 Å². The van der Waals surface area contributed by atoms with E-state index in [2.05, 4.69) is 21.2 Å². The van der Waals surface area contributed by atoms with E-state index in [4.69, 9.17) is 4.74 Å². The van der Waals surface area contributed by atoms with Crippen molar-refractivity contribution in [3.63, 3.8) is 0 Å². The highest BCUT2D eigenvalue weighted by atomic mass is 79.9. The molecule has 0 aliphatic heterocycles. The monoisotopic (exact) mass is 395 g/mol. The minimum Gasteiger partial charge on any atom is -0.489 e. The van der Waals surface area contributed by atoms with E-state index in [0.717, 1.165) is 21.3 Å². The number of carbonyl (C=O) groups excluding carboxylic acids is 1. The molecular formula is C21H18BrNO2. The van der Waals surface area contributed by atoms with E-state index >= 15 is 0 Å². The van der Waals surface area contributed by atoms with Gasteiger partial charge in [0.25, 0.3) is 5.91 Å². The molecule has 3 aromatic rings. The van der Waals surface area contributed by atoms with Crippen molar-refractivity contribution in [2.24, 2.45) is 0 Å². The maximum absolute atomic E-state index is 12.1. The molecule has 0 fully saturated rings. The number of carbonyl (C=O) groups is 1. The highest BCUT2D eigenvalue weighted by Crippen LogP contribution is 2.15. The number of hydrogen-bond acceptors (Lipinski definition) is 2. The van der Waals surface area contributed by atoms with Crippen molar-refractivity contribution < 1.29 is 9.53 Å². The van der Waals surface area contributed by atoms with Gasteiger partial charge in [-0.2, -0.15) is 0 Å². The molecule has 0 saturated carbocycles. The summed E-state index contributed by atoms with van der Waals surface area (Å²) in [5.41, 5.74) is 2.79. The highest BCUT2D eigenvalue weighted by molar-refractivity contribution is 9.10. The summed E-state index contributed by atoms with van der Waals surface area (Å²) in [6, 6.07) is 25.1. The van der Waals surface area contributed by atoms with E-state index in [1.807, 2.05) is 66.7 Å². The fraction of sp³-hybridized carbons (Fsp3) is 0.0952. The van der Waals surface area contributed by atoms with Crippen LogP contribution in [0.15, 0.2) is 83.3 Å².